The number of carbonyl (C=O) groups is 3. The smallest absolute Gasteiger partial charge is 0.306 e. The van der Waals surface area contributed by atoms with Gasteiger partial charge < -0.3 is 14.2 Å². The molecule has 0 aliphatic carbocycles. The van der Waals surface area contributed by atoms with E-state index in [2.05, 4.69) is 118 Å². The molecule has 0 aromatic heterocycles. The van der Waals surface area contributed by atoms with Crippen molar-refractivity contribution < 1.29 is 28.6 Å². The quantitative estimate of drug-likeness (QED) is 0.0261. The molecule has 0 aromatic carbocycles. The molecule has 0 aromatic rings. The van der Waals surface area contributed by atoms with Gasteiger partial charge in [-0.2, -0.15) is 0 Å². The minimum absolute atomic E-state index is 0.0907. The molecular formula is C65H110O6. The van der Waals surface area contributed by atoms with Crippen molar-refractivity contribution in [1.29, 1.82) is 0 Å². The van der Waals surface area contributed by atoms with Crippen LogP contribution in [0.3, 0.4) is 0 Å². The summed E-state index contributed by atoms with van der Waals surface area (Å²) in [7, 11) is 0. The molecule has 0 fully saturated rings. The van der Waals surface area contributed by atoms with Crippen LogP contribution >= 0.6 is 0 Å². The van der Waals surface area contributed by atoms with Gasteiger partial charge in [0.05, 0.1) is 0 Å². The zero-order chi connectivity index (χ0) is 51.4. The van der Waals surface area contributed by atoms with Crippen LogP contribution in [0.1, 0.15) is 278 Å². The maximum Gasteiger partial charge on any atom is 0.306 e. The Labute approximate surface area is 438 Å². The molecule has 0 saturated heterocycles. The third-order valence-corrected chi connectivity index (χ3v) is 12.6. The summed E-state index contributed by atoms with van der Waals surface area (Å²) in [4.78, 5) is 38.2. The summed E-state index contributed by atoms with van der Waals surface area (Å²) in [5.74, 6) is -0.922. The van der Waals surface area contributed by atoms with Crippen LogP contribution < -0.4 is 0 Å². The van der Waals surface area contributed by atoms with Crippen molar-refractivity contribution in [3.05, 3.63) is 97.2 Å². The highest BCUT2D eigenvalue weighted by molar-refractivity contribution is 5.71. The van der Waals surface area contributed by atoms with Crippen molar-refractivity contribution in [3.8, 4) is 0 Å². The van der Waals surface area contributed by atoms with Gasteiger partial charge in [0.15, 0.2) is 6.10 Å². The second-order valence-corrected chi connectivity index (χ2v) is 19.5. The van der Waals surface area contributed by atoms with Crippen LogP contribution in [0.25, 0.3) is 0 Å². The van der Waals surface area contributed by atoms with Gasteiger partial charge >= 0.3 is 17.9 Å². The lowest BCUT2D eigenvalue weighted by Gasteiger charge is -2.18. The van der Waals surface area contributed by atoms with E-state index in [-0.39, 0.29) is 31.1 Å². The van der Waals surface area contributed by atoms with E-state index in [0.717, 1.165) is 135 Å². The lowest BCUT2D eigenvalue weighted by molar-refractivity contribution is -0.167. The van der Waals surface area contributed by atoms with E-state index in [4.69, 9.17) is 14.2 Å². The summed E-state index contributed by atoms with van der Waals surface area (Å²) < 4.78 is 16.9. The number of allylic oxidation sites excluding steroid dienone is 16. The molecule has 0 aliphatic heterocycles. The van der Waals surface area contributed by atoms with Crippen molar-refractivity contribution in [2.75, 3.05) is 13.2 Å². The Morgan fingerprint density at radius 2 is 0.549 bits per heavy atom. The first-order valence-electron chi connectivity index (χ1n) is 29.7. The van der Waals surface area contributed by atoms with E-state index in [1.54, 1.807) is 0 Å². The zero-order valence-corrected chi connectivity index (χ0v) is 46.5. The van der Waals surface area contributed by atoms with Crippen molar-refractivity contribution in [3.63, 3.8) is 0 Å². The molecule has 1 unspecified atom stereocenters. The van der Waals surface area contributed by atoms with Crippen LogP contribution in [0.4, 0.5) is 0 Å². The molecule has 0 N–H and O–H groups in total. The molecule has 6 nitrogen and oxygen atoms in total. The predicted molar refractivity (Wildman–Crippen MR) is 307 cm³/mol. The van der Waals surface area contributed by atoms with Crippen LogP contribution in [0.5, 0.6) is 0 Å². The van der Waals surface area contributed by atoms with E-state index in [1.165, 1.54) is 103 Å². The Hall–Kier alpha value is -3.67. The molecule has 0 radical (unpaired) electrons. The Bertz CT molecular complexity index is 1410. The Kier molecular flexibility index (Phi) is 55.9. The monoisotopic (exact) mass is 987 g/mol. The summed E-state index contributed by atoms with van der Waals surface area (Å²) >= 11 is 0. The normalized spacial score (nSPS) is 12.8. The fraction of sp³-hybridized carbons (Fsp3) is 0.708. The molecule has 0 saturated carbocycles. The highest BCUT2D eigenvalue weighted by Gasteiger charge is 2.19. The third kappa shape index (κ3) is 57.1. The second-order valence-electron chi connectivity index (χ2n) is 19.5. The number of rotatable bonds is 53. The molecule has 0 aliphatic rings. The van der Waals surface area contributed by atoms with E-state index in [1.807, 2.05) is 0 Å². The topological polar surface area (TPSA) is 78.9 Å². The van der Waals surface area contributed by atoms with Crippen LogP contribution in [0.15, 0.2) is 97.2 Å². The van der Waals surface area contributed by atoms with Gasteiger partial charge in [-0.15, -0.1) is 0 Å². The fourth-order valence-corrected chi connectivity index (χ4v) is 8.19. The van der Waals surface area contributed by atoms with Crippen molar-refractivity contribution in [2.24, 2.45) is 0 Å². The summed E-state index contributed by atoms with van der Waals surface area (Å²) in [5.41, 5.74) is 0. The number of esters is 3. The third-order valence-electron chi connectivity index (χ3n) is 12.6. The van der Waals surface area contributed by atoms with Crippen molar-refractivity contribution in [2.45, 2.75) is 284 Å². The first-order valence-corrected chi connectivity index (χ1v) is 29.7. The number of hydrogen-bond acceptors (Lipinski definition) is 6. The van der Waals surface area contributed by atoms with E-state index in [0.29, 0.717) is 19.3 Å². The van der Waals surface area contributed by atoms with Gasteiger partial charge in [0.25, 0.3) is 0 Å². The number of carbonyl (C=O) groups excluding carboxylic acids is 3. The maximum absolute atomic E-state index is 12.9. The van der Waals surface area contributed by atoms with Gasteiger partial charge in [0, 0.05) is 19.3 Å². The fourth-order valence-electron chi connectivity index (χ4n) is 8.19. The van der Waals surface area contributed by atoms with Crippen molar-refractivity contribution >= 4 is 17.9 Å². The highest BCUT2D eigenvalue weighted by Crippen LogP contribution is 2.16. The number of hydrogen-bond donors (Lipinski definition) is 0. The minimum Gasteiger partial charge on any atom is -0.462 e. The van der Waals surface area contributed by atoms with Crippen LogP contribution in [0.2, 0.25) is 0 Å². The van der Waals surface area contributed by atoms with Crippen LogP contribution in [0, 0.1) is 0 Å². The Balaban J connectivity index is 4.44. The molecule has 0 amide bonds. The molecule has 6 heteroatoms. The molecular weight excluding hydrogens is 877 g/mol. The Morgan fingerprint density at radius 3 is 0.859 bits per heavy atom. The second kappa shape index (κ2) is 58.9. The first kappa shape index (κ1) is 67.3. The van der Waals surface area contributed by atoms with Crippen LogP contribution in [-0.2, 0) is 28.6 Å². The lowest BCUT2D eigenvalue weighted by Crippen LogP contribution is -2.30. The molecule has 0 rings (SSSR count). The summed E-state index contributed by atoms with van der Waals surface area (Å²) in [6.45, 7) is 6.40. The van der Waals surface area contributed by atoms with Gasteiger partial charge in [0.2, 0.25) is 0 Å². The minimum atomic E-state index is -0.797. The van der Waals surface area contributed by atoms with Crippen LogP contribution in [-0.4, -0.2) is 37.2 Å². The average Bonchev–Trinajstić information content (AvgIpc) is 3.37. The molecule has 71 heavy (non-hydrogen) atoms. The van der Waals surface area contributed by atoms with Gasteiger partial charge in [-0.1, -0.05) is 259 Å². The van der Waals surface area contributed by atoms with Crippen molar-refractivity contribution in [1.82, 2.24) is 0 Å². The average molecular weight is 988 g/mol. The van der Waals surface area contributed by atoms with Gasteiger partial charge in [-0.3, -0.25) is 14.4 Å². The lowest BCUT2D eigenvalue weighted by atomic mass is 10.0. The summed E-state index contributed by atoms with van der Waals surface area (Å²) in [6, 6.07) is 0. The molecule has 0 spiro atoms. The van der Waals surface area contributed by atoms with Gasteiger partial charge in [-0.25, -0.2) is 0 Å². The summed E-state index contributed by atoms with van der Waals surface area (Å²) in [6.07, 6.45) is 78.2. The number of ether oxygens (including phenoxy) is 3. The molecule has 406 valence electrons. The highest BCUT2D eigenvalue weighted by atomic mass is 16.6. The van der Waals surface area contributed by atoms with Gasteiger partial charge in [0.1, 0.15) is 13.2 Å². The zero-order valence-electron chi connectivity index (χ0n) is 46.5. The van der Waals surface area contributed by atoms with E-state index < -0.39 is 6.10 Å². The first-order chi connectivity index (χ1) is 35.0. The molecule has 1 atom stereocenters. The van der Waals surface area contributed by atoms with E-state index >= 15 is 0 Å². The SMILES string of the molecule is CC/C=C\C/C=C\C/C=C\C/C=C\CCCCCCCCC(=O)OCC(COC(=O)CCCCCCCCCCCCCCCCCCC)OC(=O)CCCCCC/C=C\C/C=C\C/C=C\C/C=C\CC. The summed E-state index contributed by atoms with van der Waals surface area (Å²) in [5, 5.41) is 0. The van der Waals surface area contributed by atoms with E-state index in [9.17, 15) is 14.4 Å². The standard InChI is InChI=1S/C65H110O6/c1-4-7-10-13-16-19-22-25-28-31-32-35-37-40-43-46-49-52-55-58-64(67)70-61-62(71-65(68)59-56-53-50-47-44-41-38-34-30-27-24-21-18-15-12-9-6-3)60-69-63(66)57-54-51-48-45-42-39-36-33-29-26-23-20-17-14-11-8-5-2/h7,9-10,12,16,18-19,21,25,27-28,30,32,35,38,41,62H,4-6,8,11,13-15,17,20,22-24,26,29,31,33-34,36-37,39-40,42-61H2,1-3H3/b10-7-,12-9-,19-16-,21-18-,28-25-,30-27-,35-32-,41-38-. The van der Waals surface area contributed by atoms with Gasteiger partial charge in [-0.05, 0) is 96.3 Å². The molecule has 0 heterocycles. The maximum atomic E-state index is 12.9. The molecule has 0 bridgehead atoms. The number of unbranched alkanes of at least 4 members (excludes halogenated alkanes) is 26. The Morgan fingerprint density at radius 1 is 0.296 bits per heavy atom. The largest absolute Gasteiger partial charge is 0.462 e. The predicted octanol–water partition coefficient (Wildman–Crippen LogP) is 20.1.